The number of halogens is 2. The van der Waals surface area contributed by atoms with E-state index in [-0.39, 0.29) is 84.0 Å². The van der Waals surface area contributed by atoms with Gasteiger partial charge in [0.1, 0.15) is 11.6 Å². The van der Waals surface area contributed by atoms with Crippen molar-refractivity contribution in [1.29, 1.82) is 5.41 Å². The van der Waals surface area contributed by atoms with E-state index in [9.17, 15) is 14.7 Å². The van der Waals surface area contributed by atoms with Crippen LogP contribution in [0.25, 0.3) is 0 Å². The molecule has 0 radical (unpaired) electrons. The van der Waals surface area contributed by atoms with Crippen molar-refractivity contribution in [1.82, 2.24) is 10.2 Å². The van der Waals surface area contributed by atoms with E-state index < -0.39 is 17.2 Å². The van der Waals surface area contributed by atoms with E-state index in [1.54, 1.807) is 18.2 Å². The third-order valence-corrected chi connectivity index (χ3v) is 6.09. The van der Waals surface area contributed by atoms with Crippen molar-refractivity contribution in [2.45, 2.75) is 45.7 Å². The number of carbonyl (C=O) groups is 2. The van der Waals surface area contributed by atoms with Gasteiger partial charge in [-0.3, -0.25) is 15.0 Å². The minimum Gasteiger partial charge on any atom is -0.507 e. The van der Waals surface area contributed by atoms with Crippen LogP contribution in [0.4, 0.5) is 4.39 Å². The summed E-state index contributed by atoms with van der Waals surface area (Å²) in [5.74, 6) is -1.91. The highest BCUT2D eigenvalue weighted by Gasteiger charge is 2.33. The molecule has 2 aromatic carbocycles. The highest BCUT2D eigenvalue weighted by molar-refractivity contribution is 8.93. The van der Waals surface area contributed by atoms with Crippen LogP contribution in [0.15, 0.2) is 18.2 Å². The Bertz CT molecular complexity index is 1210. The molecule has 37 heavy (non-hydrogen) atoms. The van der Waals surface area contributed by atoms with Crippen LogP contribution < -0.4 is 14.8 Å². The number of benzene rings is 2. The number of hydrogen-bond acceptors (Lipinski definition) is 7. The molecule has 0 spiro atoms. The summed E-state index contributed by atoms with van der Waals surface area (Å²) in [4.78, 5) is 25.6. The molecule has 9 nitrogen and oxygen atoms in total. The number of Topliss-reactive ketones (excluding diaryl/α,β-unsaturated/α-hetero) is 1. The molecule has 0 aliphatic carbocycles. The number of ketones is 1. The lowest BCUT2D eigenvalue weighted by molar-refractivity contribution is -0.136. The number of phenols is 1. The number of aliphatic carboxylic acids is 1. The molecule has 0 saturated heterocycles. The lowest BCUT2D eigenvalue weighted by Gasteiger charge is -2.24. The molecular weight excluding hydrogens is 549 g/mol. The second-order valence-corrected chi connectivity index (χ2v) is 9.69. The Morgan fingerprint density at radius 1 is 1.19 bits per heavy atom. The highest BCUT2D eigenvalue weighted by Crippen LogP contribution is 2.39. The Morgan fingerprint density at radius 2 is 1.86 bits per heavy atom. The van der Waals surface area contributed by atoms with E-state index in [1.807, 2.05) is 20.8 Å². The number of phenolic OH excluding ortho intramolecular Hbond substituents is 1. The molecule has 0 amide bonds. The molecule has 0 unspecified atom stereocenters. The van der Waals surface area contributed by atoms with Crippen molar-refractivity contribution in [2.24, 2.45) is 0 Å². The van der Waals surface area contributed by atoms with Gasteiger partial charge in [-0.25, -0.2) is 4.39 Å². The first-order valence-electron chi connectivity index (χ1n) is 11.5. The number of aromatic hydroxyl groups is 1. The number of carbonyl (C=O) groups excluding carboxylic acids is 1. The lowest BCUT2D eigenvalue weighted by Crippen LogP contribution is -2.31. The van der Waals surface area contributed by atoms with Crippen molar-refractivity contribution >= 4 is 34.6 Å². The molecule has 0 saturated carbocycles. The molecule has 0 atom stereocenters. The summed E-state index contributed by atoms with van der Waals surface area (Å²) >= 11 is 0. The van der Waals surface area contributed by atoms with E-state index in [4.69, 9.17) is 20.0 Å². The Labute approximate surface area is 225 Å². The van der Waals surface area contributed by atoms with Crippen LogP contribution in [-0.4, -0.2) is 60.0 Å². The second-order valence-electron chi connectivity index (χ2n) is 9.69. The largest absolute Gasteiger partial charge is 0.507 e. The number of fused-ring (bicyclic) bond motifs is 1. The van der Waals surface area contributed by atoms with E-state index in [0.29, 0.717) is 22.3 Å². The third kappa shape index (κ3) is 6.40. The number of ether oxygens (including phenoxy) is 2. The second kappa shape index (κ2) is 11.9. The Balaban J connectivity index is 0.00000481. The maximum Gasteiger partial charge on any atom is 0.304 e. The summed E-state index contributed by atoms with van der Waals surface area (Å²) in [6.07, 6.45) is -0.0741. The van der Waals surface area contributed by atoms with Gasteiger partial charge in [-0.15, -0.1) is 17.0 Å². The van der Waals surface area contributed by atoms with Gasteiger partial charge in [-0.05, 0) is 29.2 Å². The molecule has 0 bridgehead atoms. The van der Waals surface area contributed by atoms with Crippen LogP contribution >= 0.6 is 17.0 Å². The fraction of sp³-hybridized carbons (Fsp3) is 0.423. The number of carboxylic acids is 1. The standard InChI is InChI=1S/C26H32FN3O6.BrH/c1-26(2,3)17-9-14(8-15(23(17)34)11-29-7-6-20(32)33)18(31)13-30-12-16-10-19(35-4)24(36-5)22(27)21(16)25(30)28;/h8-10,28-29,34H,6-7,11-13H2,1-5H3,(H,32,33);1H. The molecule has 11 heteroatoms. The van der Waals surface area contributed by atoms with Gasteiger partial charge in [0.2, 0.25) is 0 Å². The molecule has 1 aliphatic rings. The average molecular weight is 582 g/mol. The summed E-state index contributed by atoms with van der Waals surface area (Å²) in [6, 6.07) is 4.81. The van der Waals surface area contributed by atoms with E-state index in [2.05, 4.69) is 5.32 Å². The minimum absolute atomic E-state index is 0. The molecule has 202 valence electrons. The zero-order chi connectivity index (χ0) is 26.8. The number of hydrogen-bond donors (Lipinski definition) is 4. The number of rotatable bonds is 10. The van der Waals surface area contributed by atoms with Crippen LogP contribution in [0.3, 0.4) is 0 Å². The summed E-state index contributed by atoms with van der Waals surface area (Å²) in [7, 11) is 2.72. The van der Waals surface area contributed by atoms with Crippen LogP contribution in [0, 0.1) is 11.2 Å². The van der Waals surface area contributed by atoms with Crippen LogP contribution in [0.2, 0.25) is 0 Å². The van der Waals surface area contributed by atoms with Crippen molar-refractivity contribution in [3.05, 3.63) is 51.8 Å². The summed E-state index contributed by atoms with van der Waals surface area (Å²) in [6.45, 7) is 6.11. The molecular formula is C26H33BrFN3O6. The number of nitrogens with one attached hydrogen (secondary N) is 2. The quantitative estimate of drug-likeness (QED) is 0.244. The smallest absolute Gasteiger partial charge is 0.304 e. The monoisotopic (exact) mass is 581 g/mol. The van der Waals surface area contributed by atoms with Gasteiger partial charge in [0.15, 0.2) is 23.1 Å². The van der Waals surface area contributed by atoms with Crippen molar-refractivity contribution < 1.29 is 33.7 Å². The van der Waals surface area contributed by atoms with E-state index in [0.717, 1.165) is 0 Å². The zero-order valence-corrected chi connectivity index (χ0v) is 23.2. The summed E-state index contributed by atoms with van der Waals surface area (Å²) in [5, 5.41) is 31.1. The predicted molar refractivity (Wildman–Crippen MR) is 142 cm³/mol. The molecule has 2 aromatic rings. The summed E-state index contributed by atoms with van der Waals surface area (Å²) in [5.41, 5.74) is 1.51. The maximum absolute atomic E-state index is 15.1. The predicted octanol–water partition coefficient (Wildman–Crippen LogP) is 4.01. The van der Waals surface area contributed by atoms with Gasteiger partial charge in [0, 0.05) is 36.3 Å². The van der Waals surface area contributed by atoms with Crippen molar-refractivity contribution in [2.75, 3.05) is 27.3 Å². The molecule has 1 heterocycles. The van der Waals surface area contributed by atoms with Gasteiger partial charge >= 0.3 is 5.97 Å². The number of nitrogens with zero attached hydrogens (tertiary/aromatic N) is 1. The molecule has 1 aliphatic heterocycles. The zero-order valence-electron chi connectivity index (χ0n) is 21.5. The first kappa shape index (κ1) is 30.0. The average Bonchev–Trinajstić information content (AvgIpc) is 3.11. The van der Waals surface area contributed by atoms with E-state index >= 15 is 4.39 Å². The van der Waals surface area contributed by atoms with Gasteiger partial charge in [-0.2, -0.15) is 0 Å². The van der Waals surface area contributed by atoms with Crippen LogP contribution in [0.5, 0.6) is 17.2 Å². The lowest BCUT2D eigenvalue weighted by atomic mass is 9.83. The normalized spacial score (nSPS) is 12.7. The maximum atomic E-state index is 15.1. The van der Waals surface area contributed by atoms with Crippen molar-refractivity contribution in [3.8, 4) is 17.2 Å². The first-order valence-corrected chi connectivity index (χ1v) is 11.5. The Kier molecular flexibility index (Phi) is 9.67. The Hall–Kier alpha value is -3.18. The fourth-order valence-corrected chi connectivity index (χ4v) is 4.20. The van der Waals surface area contributed by atoms with Gasteiger partial charge < -0.3 is 29.9 Å². The molecule has 4 N–H and O–H groups in total. The number of carboxylic acid groups (broad SMARTS) is 1. The third-order valence-electron chi connectivity index (χ3n) is 6.09. The molecule has 0 fully saturated rings. The van der Waals surface area contributed by atoms with Crippen LogP contribution in [-0.2, 0) is 23.3 Å². The number of methoxy groups -OCH3 is 2. The van der Waals surface area contributed by atoms with Gasteiger partial charge in [-0.1, -0.05) is 20.8 Å². The Morgan fingerprint density at radius 3 is 2.43 bits per heavy atom. The minimum atomic E-state index is -0.938. The van der Waals surface area contributed by atoms with Gasteiger partial charge in [0.25, 0.3) is 0 Å². The van der Waals surface area contributed by atoms with E-state index in [1.165, 1.54) is 19.1 Å². The highest BCUT2D eigenvalue weighted by atomic mass is 79.9. The SMILES string of the molecule is Br.COc1cc2c(c(F)c1OC)C(=N)N(CC(=O)c1cc(CNCCC(=O)O)c(O)c(C(C)(C)C)c1)C2. The van der Waals surface area contributed by atoms with Crippen LogP contribution in [0.1, 0.15) is 59.8 Å². The first-order chi connectivity index (χ1) is 16.9. The van der Waals surface area contributed by atoms with Gasteiger partial charge in [0.05, 0.1) is 32.7 Å². The molecule has 3 rings (SSSR count). The molecule has 0 aromatic heterocycles. The summed E-state index contributed by atoms with van der Waals surface area (Å²) < 4.78 is 25.4. The topological polar surface area (TPSA) is 132 Å². The number of amidine groups is 1. The fourth-order valence-electron chi connectivity index (χ4n) is 4.20. The van der Waals surface area contributed by atoms with Crippen molar-refractivity contribution in [3.63, 3.8) is 0 Å².